The molecule has 0 amide bonds. The number of phosphoric acid groups is 4. The van der Waals surface area contributed by atoms with Crippen molar-refractivity contribution in [2.75, 3.05) is 61.7 Å². The normalized spacial score (nSPS) is 31.6. The lowest BCUT2D eigenvalue weighted by Gasteiger charge is -2.27. The minimum Gasteiger partial charge on any atom is -0.387 e. The number of aliphatic hydroxyl groups is 6. The molecule has 9 aromatic heterocycles. The number of nitrogens with one attached hydrogen (secondary N) is 2. The van der Waals surface area contributed by atoms with Gasteiger partial charge >= 0.3 is 45.2 Å². The van der Waals surface area contributed by atoms with Crippen LogP contribution in [0.3, 0.4) is 0 Å². The Bertz CT molecular complexity index is 5390. The number of rotatable bonds is 28. The Morgan fingerprint density at radius 1 is 0.427 bits per heavy atom. The summed E-state index contributed by atoms with van der Waals surface area (Å²) in [4.78, 5) is 142. The number of aromatic amines is 2. The second kappa shape index (κ2) is 30.3. The quantitative estimate of drug-likeness (QED) is 0.0203. The molecule has 25 atom stereocenters. The van der Waals surface area contributed by atoms with Gasteiger partial charge in [-0.25, -0.2) is 62.9 Å². The molecule has 5 unspecified atom stereocenters. The molecule has 14 rings (SSSR count). The van der Waals surface area contributed by atoms with Crippen LogP contribution in [0.2, 0.25) is 0 Å². The van der Waals surface area contributed by atoms with E-state index >= 15 is 0 Å². The number of ether oxygens (including phenoxy) is 5. The van der Waals surface area contributed by atoms with Crippen molar-refractivity contribution in [3.63, 3.8) is 0 Å². The van der Waals surface area contributed by atoms with Crippen molar-refractivity contribution in [1.82, 2.24) is 87.6 Å². The Morgan fingerprint density at radius 3 is 1.12 bits per heavy atom. The van der Waals surface area contributed by atoms with Crippen LogP contribution in [0.25, 0.3) is 44.7 Å². The summed E-state index contributed by atoms with van der Waals surface area (Å²) < 4.78 is 150. The maximum atomic E-state index is 14.5. The standard InChI is InChI=1S/C49H60N23O33P5/c50-19-1-2-68(49(81)63-19)42-25(74)24(73)14(97-42)4-93-107(84,85)103-32-17(100-45(28(32)77)71-12-61-22-38(71)64-47(53)66-40(22)79)6-96-110(90,91)105-33-18(101-46(29(33)78)72-13-62-23-39(72)65-48(54)67-41(23)80)7-95-109(88,89)104-31-16(99-44(27(31)76)70-11-60-21-35(52)56-9-58-37(21)70)5-94-108(86,87)102-30-15(3-92-106(82)83)98-43(26(30)75)69-10-59-20-34(51)55-8-57-36(20)69/h1-2,8-18,24-33,42-46,73-78H,3-7H2,(H16-,50,51,52,53,54,55,56,57,58,63,64,65,66,67,79,80,81,82,83,84,85,86,87,88,89,90,91)/p+1/t14-,15-,16-,17-,18-,24-,25-,26-,27-,28-,29-,30-,31-,32-,33-,42-,43-,44-,45-,46-/m1/s1. The number of hydrogen-bond donors (Lipinski definition) is 18. The van der Waals surface area contributed by atoms with Crippen molar-refractivity contribution in [2.45, 2.75) is 123 Å². The lowest BCUT2D eigenvalue weighted by atomic mass is 10.1. The molecule has 5 fully saturated rings. The predicted molar refractivity (Wildman–Crippen MR) is 351 cm³/mol. The van der Waals surface area contributed by atoms with Gasteiger partial charge in [-0.2, -0.15) is 15.0 Å². The van der Waals surface area contributed by atoms with Crippen LogP contribution in [0.4, 0.5) is 29.4 Å². The zero-order valence-electron chi connectivity index (χ0n) is 54.9. The lowest BCUT2D eigenvalue weighted by Crippen LogP contribution is -2.38. The highest BCUT2D eigenvalue weighted by atomic mass is 31.2. The fourth-order valence-electron chi connectivity index (χ4n) is 12.5. The molecule has 594 valence electrons. The van der Waals surface area contributed by atoms with E-state index in [1.165, 1.54) is 0 Å². The monoisotopic (exact) mass is 1650 g/mol. The van der Waals surface area contributed by atoms with Crippen molar-refractivity contribution in [3.8, 4) is 0 Å². The van der Waals surface area contributed by atoms with Crippen molar-refractivity contribution in [3.05, 3.63) is 81.4 Å². The van der Waals surface area contributed by atoms with Crippen LogP contribution in [0.5, 0.6) is 0 Å². The van der Waals surface area contributed by atoms with Gasteiger partial charge in [-0.3, -0.25) is 78.6 Å². The molecule has 0 saturated carbocycles. The van der Waals surface area contributed by atoms with Crippen LogP contribution >= 0.6 is 39.5 Å². The van der Waals surface area contributed by atoms with E-state index in [1.807, 2.05) is 0 Å². The molecule has 61 heteroatoms. The number of nitrogens with two attached hydrogens (primary N) is 5. The summed E-state index contributed by atoms with van der Waals surface area (Å²) >= 11 is 0. The number of aliphatic hydroxyl groups excluding tert-OH is 6. The third kappa shape index (κ3) is 15.6. The summed E-state index contributed by atoms with van der Waals surface area (Å²) in [6, 6.07) is 1.16. The molecule has 56 nitrogen and oxygen atoms in total. The smallest absolute Gasteiger partial charge is 0.387 e. The molecule has 0 bridgehead atoms. The molecule has 5 aliphatic rings. The van der Waals surface area contributed by atoms with Crippen LogP contribution in [0.1, 0.15) is 31.1 Å². The van der Waals surface area contributed by atoms with E-state index in [2.05, 4.69) is 64.8 Å². The van der Waals surface area contributed by atoms with Crippen LogP contribution in [0, 0.1) is 0 Å². The van der Waals surface area contributed by atoms with E-state index in [1.54, 1.807) is 0 Å². The second-order valence-electron chi connectivity index (χ2n) is 24.4. The number of hydrogen-bond acceptors (Lipinski definition) is 44. The average molecular weight is 1660 g/mol. The highest BCUT2D eigenvalue weighted by molar-refractivity contribution is 7.48. The van der Waals surface area contributed by atoms with Crippen LogP contribution in [-0.2, 0) is 87.2 Å². The molecule has 0 radical (unpaired) electrons. The first-order valence-electron chi connectivity index (χ1n) is 31.5. The molecular weight excluding hydrogens is 1590 g/mol. The highest BCUT2D eigenvalue weighted by Gasteiger charge is 2.57. The first-order valence-corrected chi connectivity index (χ1v) is 38.6. The van der Waals surface area contributed by atoms with E-state index in [9.17, 15) is 92.3 Å². The first-order chi connectivity index (χ1) is 52.0. The molecule has 9 aromatic rings. The van der Waals surface area contributed by atoms with Crippen LogP contribution < -0.4 is 45.5 Å². The summed E-state index contributed by atoms with van der Waals surface area (Å²) in [7, 11) is -26.5. The summed E-state index contributed by atoms with van der Waals surface area (Å²) in [5.74, 6) is -1.46. The van der Waals surface area contributed by atoms with Gasteiger partial charge in [0.05, 0.1) is 51.7 Å². The highest BCUT2D eigenvalue weighted by Crippen LogP contribution is 2.56. The van der Waals surface area contributed by atoms with Crippen LogP contribution in [-0.4, -0.2) is 267 Å². The average Bonchev–Trinajstić information content (AvgIpc) is 1.64. The Labute approximate surface area is 607 Å². The Balaban J connectivity index is 0.707. The van der Waals surface area contributed by atoms with E-state index in [0.29, 0.717) is 0 Å². The summed E-state index contributed by atoms with van der Waals surface area (Å²) in [5.41, 5.74) is 24.5. The predicted octanol–water partition coefficient (Wildman–Crippen LogP) is -6.57. The largest absolute Gasteiger partial charge is 0.694 e. The van der Waals surface area contributed by atoms with Gasteiger partial charge in [-0.1, -0.05) is 0 Å². The third-order valence-corrected chi connectivity index (χ3v) is 21.8. The molecule has 110 heavy (non-hydrogen) atoms. The van der Waals surface area contributed by atoms with Gasteiger partial charge in [-0.05, 0) is 6.07 Å². The minimum absolute atomic E-state index is 0.0134. The molecular formula is C49H61N23O33P5+. The van der Waals surface area contributed by atoms with E-state index in [0.717, 1.165) is 73.1 Å². The maximum Gasteiger partial charge on any atom is 0.694 e. The summed E-state index contributed by atoms with van der Waals surface area (Å²) in [6.07, 6.45) is -32.7. The van der Waals surface area contributed by atoms with E-state index < -0.39 is 241 Å². The van der Waals surface area contributed by atoms with Crippen molar-refractivity contribution in [1.29, 1.82) is 0 Å². The molecule has 5 aliphatic heterocycles. The van der Waals surface area contributed by atoms with Gasteiger partial charge in [0.2, 0.25) is 11.9 Å². The fraction of sp³-hybridized carbons (Fsp3) is 0.510. The van der Waals surface area contributed by atoms with Gasteiger partial charge in [-0.15, -0.1) is 9.42 Å². The van der Waals surface area contributed by atoms with E-state index in [4.69, 9.17) is 93.1 Å². The van der Waals surface area contributed by atoms with Crippen molar-refractivity contribution >= 4 is 114 Å². The lowest BCUT2D eigenvalue weighted by molar-refractivity contribution is -0.0646. The van der Waals surface area contributed by atoms with Gasteiger partial charge < -0.3 is 103 Å². The summed E-state index contributed by atoms with van der Waals surface area (Å²) in [6.45, 7) is -5.98. The number of anilines is 5. The number of nitrogen functional groups attached to an aromatic ring is 5. The van der Waals surface area contributed by atoms with E-state index in [-0.39, 0.29) is 45.4 Å². The fourth-order valence-corrected chi connectivity index (χ4v) is 16.6. The molecule has 5 saturated heterocycles. The van der Waals surface area contributed by atoms with Gasteiger partial charge in [0.25, 0.3) is 11.1 Å². The number of imidazole rings is 4. The molecule has 0 aliphatic carbocycles. The third-order valence-electron chi connectivity index (χ3n) is 17.4. The van der Waals surface area contributed by atoms with Gasteiger partial charge in [0.1, 0.15) is 128 Å². The molecule has 23 N–H and O–H groups in total. The van der Waals surface area contributed by atoms with Crippen LogP contribution in [0.15, 0.2) is 64.6 Å². The Morgan fingerprint density at radius 2 is 0.755 bits per heavy atom. The molecule has 0 spiro atoms. The zero-order chi connectivity index (χ0) is 78.5. The van der Waals surface area contributed by atoms with Crippen molar-refractivity contribution < 1.29 is 142 Å². The van der Waals surface area contributed by atoms with Gasteiger partial charge in [0.15, 0.2) is 76.4 Å². The number of H-pyrrole nitrogens is 2. The summed E-state index contributed by atoms with van der Waals surface area (Å²) in [5, 5.41) is 69.2. The number of aromatic nitrogens is 18. The first kappa shape index (κ1) is 78.4. The SMILES string of the molecule is Nc1ccn([C@@H]2O[C@H](COP(=O)(O)O[C@H]3[C@@H](O)[C@H](n4cnc5c(=O)[nH]c(N)nc54)O[C@@H]3COP(=O)(O)O[C@H]3[C@@H](O)[C@H](n4cnc5c(=O)[nH]c(N)nc54)O[C@@H]3COP(=O)(O)O[C@H]3[C@@H](O)[C@H](n4cnc5c(N)ncnc54)O[C@@H]3COP(=O)(O)O[C@H]3[C@@H](O)[C@H](n4cnc5c(N)ncnc54)O[C@@H]3CO[P+](=O)O)[C@@H](O)[C@H]2O)c(=O)n1. The maximum absolute atomic E-state index is 14.5. The number of nitrogens with zero attached hydrogens (tertiary/aromatic N) is 16. The number of fused-ring (bicyclic) bond motifs is 4. The van der Waals surface area contributed by atoms with Crippen molar-refractivity contribution in [2.24, 2.45) is 0 Å². The molecule has 14 heterocycles. The number of phosphoric ester groups is 4. The second-order valence-corrected chi connectivity index (χ2v) is 30.8. The molecule has 0 aromatic carbocycles. The minimum atomic E-state index is -5.92. The Kier molecular flexibility index (Phi) is 21.6. The zero-order valence-corrected chi connectivity index (χ0v) is 59.4. The Hall–Kier alpha value is -8.30. The topological polar surface area (TPSA) is 816 Å². The van der Waals surface area contributed by atoms with Gasteiger partial charge in [0, 0.05) is 10.8 Å².